The predicted molar refractivity (Wildman–Crippen MR) is 110 cm³/mol. The van der Waals surface area contributed by atoms with Crippen LogP contribution in [0.2, 0.25) is 0 Å². The van der Waals surface area contributed by atoms with Crippen molar-refractivity contribution in [1.29, 1.82) is 0 Å². The molecule has 154 valence electrons. The van der Waals surface area contributed by atoms with Crippen molar-refractivity contribution in [3.05, 3.63) is 0 Å². The molecule has 0 radical (unpaired) electrons. The van der Waals surface area contributed by atoms with Crippen LogP contribution in [0.15, 0.2) is 0 Å². The molecule has 0 aromatic rings. The van der Waals surface area contributed by atoms with Crippen molar-refractivity contribution in [3.63, 3.8) is 0 Å². The second-order valence-corrected chi connectivity index (χ2v) is 11.5. The second kappa shape index (κ2) is 7.15. The lowest BCUT2D eigenvalue weighted by molar-refractivity contribution is -0.129. The van der Waals surface area contributed by atoms with Crippen molar-refractivity contribution < 1.29 is 9.90 Å². The fourth-order valence-corrected chi connectivity index (χ4v) is 8.84. The summed E-state index contributed by atoms with van der Waals surface area (Å²) in [5, 5.41) is 10.2. The quantitative estimate of drug-likeness (QED) is 0.654. The Morgan fingerprint density at radius 1 is 1.00 bits per heavy atom. The van der Waals surface area contributed by atoms with Crippen LogP contribution in [-0.4, -0.2) is 17.0 Å². The summed E-state index contributed by atoms with van der Waals surface area (Å²) < 4.78 is 0. The minimum absolute atomic E-state index is 0.0357. The molecule has 0 aromatic heterocycles. The van der Waals surface area contributed by atoms with Gasteiger partial charge < -0.3 is 9.90 Å². The Kier molecular flexibility index (Phi) is 5.28. The third-order valence-electron chi connectivity index (χ3n) is 10.4. The van der Waals surface area contributed by atoms with Crippen molar-refractivity contribution in [2.75, 3.05) is 0 Å². The molecule has 4 aliphatic rings. The van der Waals surface area contributed by atoms with Crippen LogP contribution >= 0.6 is 0 Å². The Morgan fingerprint density at radius 2 is 1.70 bits per heavy atom. The highest BCUT2D eigenvalue weighted by molar-refractivity contribution is 5.75. The van der Waals surface area contributed by atoms with Crippen LogP contribution < -0.4 is 0 Å². The second-order valence-electron chi connectivity index (χ2n) is 11.5. The van der Waals surface area contributed by atoms with Crippen molar-refractivity contribution in [3.8, 4) is 0 Å². The minimum atomic E-state index is -0.0357. The van der Waals surface area contributed by atoms with E-state index in [1.54, 1.807) is 6.92 Å². The van der Waals surface area contributed by atoms with Gasteiger partial charge in [-0.2, -0.15) is 0 Å². The van der Waals surface area contributed by atoms with Crippen molar-refractivity contribution in [2.45, 2.75) is 104 Å². The maximum Gasteiger partial charge on any atom is 0.129 e. The summed E-state index contributed by atoms with van der Waals surface area (Å²) in [7, 11) is 0. The molecular formula is C25H42O2. The normalized spacial score (nSPS) is 50.4. The van der Waals surface area contributed by atoms with E-state index >= 15 is 0 Å². The average molecular weight is 375 g/mol. The Balaban J connectivity index is 1.51. The van der Waals surface area contributed by atoms with E-state index in [0.717, 1.165) is 55.3 Å². The van der Waals surface area contributed by atoms with Crippen LogP contribution in [0.25, 0.3) is 0 Å². The number of carbonyl (C=O) groups excluding carboxylic acids is 1. The van der Waals surface area contributed by atoms with Crippen molar-refractivity contribution >= 4 is 5.78 Å². The molecule has 0 aliphatic heterocycles. The van der Waals surface area contributed by atoms with Gasteiger partial charge in [0.2, 0.25) is 0 Å². The third kappa shape index (κ3) is 3.22. The highest BCUT2D eigenvalue weighted by atomic mass is 16.3. The van der Waals surface area contributed by atoms with E-state index in [-0.39, 0.29) is 6.10 Å². The Bertz CT molecular complexity index is 571. The molecule has 9 atom stereocenters. The zero-order valence-corrected chi connectivity index (χ0v) is 18.2. The SMILES string of the molecule is CC(=O)CC[C@@H](C)[C@H]1CC[C@H]2[C@@H]3CCC4C[C@H](O)CC[C@]4(C)[C@H]3CC[C@]12C. The standard InChI is InChI=1S/C25H42O2/c1-16(5-6-17(2)26)21-9-10-22-20-8-7-18-15-19(27)11-13-24(18,3)23(20)12-14-25(21,22)4/h16,18-23,27H,5-15H2,1-4H3/t16-,18?,19-,20+,21-,22+,23+,24+,25-/m1/s1. The lowest BCUT2D eigenvalue weighted by atomic mass is 9.44. The van der Waals surface area contributed by atoms with Gasteiger partial charge in [-0.25, -0.2) is 0 Å². The largest absolute Gasteiger partial charge is 0.393 e. The predicted octanol–water partition coefficient (Wildman–Crippen LogP) is 6.01. The number of aliphatic hydroxyl groups is 1. The topological polar surface area (TPSA) is 37.3 Å². The van der Waals surface area contributed by atoms with Gasteiger partial charge in [0.25, 0.3) is 0 Å². The van der Waals surface area contributed by atoms with Crippen LogP contribution in [0.4, 0.5) is 0 Å². The van der Waals surface area contributed by atoms with Crippen LogP contribution in [0.3, 0.4) is 0 Å². The van der Waals surface area contributed by atoms with Crippen LogP contribution in [0.1, 0.15) is 98.3 Å². The monoisotopic (exact) mass is 374 g/mol. The van der Waals surface area contributed by atoms with Gasteiger partial charge in [-0.1, -0.05) is 20.8 Å². The molecule has 0 saturated heterocycles. The van der Waals surface area contributed by atoms with Gasteiger partial charge >= 0.3 is 0 Å². The first-order chi connectivity index (χ1) is 12.8. The smallest absolute Gasteiger partial charge is 0.129 e. The molecular weight excluding hydrogens is 332 g/mol. The molecule has 1 unspecified atom stereocenters. The number of hydrogen-bond acceptors (Lipinski definition) is 2. The summed E-state index contributed by atoms with van der Waals surface area (Å²) in [6, 6.07) is 0. The van der Waals surface area contributed by atoms with Crippen molar-refractivity contribution in [2.24, 2.45) is 46.3 Å². The van der Waals surface area contributed by atoms with E-state index < -0.39 is 0 Å². The molecule has 4 aliphatic carbocycles. The molecule has 0 spiro atoms. The third-order valence-corrected chi connectivity index (χ3v) is 10.4. The highest BCUT2D eigenvalue weighted by Gasteiger charge is 2.60. The summed E-state index contributed by atoms with van der Waals surface area (Å²) in [6.07, 6.45) is 13.6. The van der Waals surface area contributed by atoms with E-state index in [9.17, 15) is 9.90 Å². The van der Waals surface area contributed by atoms with Gasteiger partial charge in [0.1, 0.15) is 5.78 Å². The molecule has 4 fully saturated rings. The number of aliphatic hydroxyl groups excluding tert-OH is 1. The number of Topliss-reactive ketones (excluding diaryl/α,β-unsaturated/α-hetero) is 1. The summed E-state index contributed by atoms with van der Waals surface area (Å²) >= 11 is 0. The van der Waals surface area contributed by atoms with E-state index in [1.165, 1.54) is 44.9 Å². The van der Waals surface area contributed by atoms with Gasteiger partial charge in [0, 0.05) is 6.42 Å². The molecule has 27 heavy (non-hydrogen) atoms. The Labute approximate surface area is 166 Å². The molecule has 2 heteroatoms. The molecule has 0 aromatic carbocycles. The van der Waals surface area contributed by atoms with Gasteiger partial charge in [0.05, 0.1) is 6.10 Å². The molecule has 0 heterocycles. The number of fused-ring (bicyclic) bond motifs is 5. The summed E-state index contributed by atoms with van der Waals surface area (Å²) in [6.45, 7) is 9.38. The number of rotatable bonds is 4. The minimum Gasteiger partial charge on any atom is -0.393 e. The summed E-state index contributed by atoms with van der Waals surface area (Å²) in [5.74, 6) is 5.36. The van der Waals surface area contributed by atoms with E-state index in [0.29, 0.717) is 22.5 Å². The summed E-state index contributed by atoms with van der Waals surface area (Å²) in [5.41, 5.74) is 0.997. The Morgan fingerprint density at radius 3 is 2.44 bits per heavy atom. The van der Waals surface area contributed by atoms with Crippen LogP contribution in [0, 0.1) is 46.3 Å². The first kappa shape index (κ1) is 19.9. The molecule has 0 bridgehead atoms. The number of ketones is 1. The van der Waals surface area contributed by atoms with E-state index in [2.05, 4.69) is 20.8 Å². The number of hydrogen-bond donors (Lipinski definition) is 1. The average Bonchev–Trinajstić information content (AvgIpc) is 2.97. The zero-order chi connectivity index (χ0) is 19.4. The summed E-state index contributed by atoms with van der Waals surface area (Å²) in [4.78, 5) is 11.5. The fraction of sp³-hybridized carbons (Fsp3) is 0.960. The molecule has 0 amide bonds. The van der Waals surface area contributed by atoms with Crippen molar-refractivity contribution in [1.82, 2.24) is 0 Å². The van der Waals surface area contributed by atoms with Gasteiger partial charge in [-0.15, -0.1) is 0 Å². The van der Waals surface area contributed by atoms with Gasteiger partial charge in [-0.05, 0) is 117 Å². The van der Waals surface area contributed by atoms with Gasteiger partial charge in [0.15, 0.2) is 0 Å². The molecule has 1 N–H and O–H groups in total. The first-order valence-corrected chi connectivity index (χ1v) is 11.9. The Hall–Kier alpha value is -0.370. The first-order valence-electron chi connectivity index (χ1n) is 11.9. The fourth-order valence-electron chi connectivity index (χ4n) is 8.84. The van der Waals surface area contributed by atoms with Crippen LogP contribution in [0.5, 0.6) is 0 Å². The van der Waals surface area contributed by atoms with E-state index in [4.69, 9.17) is 0 Å². The lowest BCUT2D eigenvalue weighted by Crippen LogP contribution is -2.54. The van der Waals surface area contributed by atoms with E-state index in [1.807, 2.05) is 0 Å². The lowest BCUT2D eigenvalue weighted by Gasteiger charge is -2.61. The van der Waals surface area contributed by atoms with Gasteiger partial charge in [-0.3, -0.25) is 0 Å². The molecule has 4 rings (SSSR count). The number of carbonyl (C=O) groups is 1. The molecule has 4 saturated carbocycles. The molecule has 2 nitrogen and oxygen atoms in total. The zero-order valence-electron chi connectivity index (χ0n) is 18.2. The highest BCUT2D eigenvalue weighted by Crippen LogP contribution is 2.68. The maximum absolute atomic E-state index is 11.5. The maximum atomic E-state index is 11.5. The van der Waals surface area contributed by atoms with Crippen LogP contribution in [-0.2, 0) is 4.79 Å².